The van der Waals surface area contributed by atoms with Crippen LogP contribution in [0.25, 0.3) is 0 Å². The maximum atomic E-state index is 6.26. The first-order valence-electron chi connectivity index (χ1n) is 5.88. The van der Waals surface area contributed by atoms with E-state index in [1.807, 2.05) is 0 Å². The van der Waals surface area contributed by atoms with E-state index >= 15 is 0 Å². The molecule has 0 aromatic rings. The molecule has 0 N–H and O–H groups in total. The Labute approximate surface area is 94.3 Å². The van der Waals surface area contributed by atoms with Crippen molar-refractivity contribution in [1.82, 2.24) is 0 Å². The van der Waals surface area contributed by atoms with Gasteiger partial charge in [0.25, 0.3) is 0 Å². The fourth-order valence-corrected chi connectivity index (χ4v) is 4.83. The van der Waals surface area contributed by atoms with E-state index in [1.165, 1.54) is 38.1 Å². The lowest BCUT2D eigenvalue weighted by Crippen LogP contribution is -2.36. The molecule has 14 heavy (non-hydrogen) atoms. The van der Waals surface area contributed by atoms with Gasteiger partial charge in [0.2, 0.25) is 0 Å². The van der Waals surface area contributed by atoms with E-state index < -0.39 is 8.32 Å². The average Bonchev–Trinajstić information content (AvgIpc) is 2.16. The third-order valence-corrected chi connectivity index (χ3v) is 5.75. The highest BCUT2D eigenvalue weighted by Gasteiger charge is 2.26. The van der Waals surface area contributed by atoms with Gasteiger partial charge in [-0.25, -0.2) is 0 Å². The van der Waals surface area contributed by atoms with Gasteiger partial charge < -0.3 is 4.43 Å². The van der Waals surface area contributed by atoms with Crippen LogP contribution in [0.15, 0.2) is 0 Å². The lowest BCUT2D eigenvalue weighted by atomic mass is 9.98. The van der Waals surface area contributed by atoms with Crippen molar-refractivity contribution in [2.75, 3.05) is 5.88 Å². The van der Waals surface area contributed by atoms with Gasteiger partial charge in [-0.2, -0.15) is 0 Å². The Kier molecular flexibility index (Phi) is 5.50. The molecule has 0 amide bonds. The SMILES string of the molecule is C[Si](C)(CCCCl)OC1CCCCC1. The van der Waals surface area contributed by atoms with Crippen molar-refractivity contribution in [3.05, 3.63) is 0 Å². The highest BCUT2D eigenvalue weighted by Crippen LogP contribution is 2.25. The van der Waals surface area contributed by atoms with Crippen LogP contribution in [0.2, 0.25) is 19.1 Å². The smallest absolute Gasteiger partial charge is 0.187 e. The topological polar surface area (TPSA) is 9.23 Å². The zero-order valence-corrected chi connectivity index (χ0v) is 11.3. The molecular formula is C11H23ClOSi. The standard InChI is InChI=1S/C11H23ClOSi/c1-14(2,10-6-9-12)13-11-7-4-3-5-8-11/h11H,3-10H2,1-2H3. The zero-order chi connectivity index (χ0) is 10.4. The molecule has 0 spiro atoms. The van der Waals surface area contributed by atoms with E-state index in [1.54, 1.807) is 0 Å². The molecule has 0 aromatic carbocycles. The second-order valence-corrected chi connectivity index (χ2v) is 9.56. The predicted molar refractivity (Wildman–Crippen MR) is 65.6 cm³/mol. The van der Waals surface area contributed by atoms with Crippen LogP contribution < -0.4 is 0 Å². The summed E-state index contributed by atoms with van der Waals surface area (Å²) in [7, 11) is -1.40. The normalized spacial score (nSPS) is 19.9. The van der Waals surface area contributed by atoms with Gasteiger partial charge in [0, 0.05) is 12.0 Å². The maximum Gasteiger partial charge on any atom is 0.187 e. The summed E-state index contributed by atoms with van der Waals surface area (Å²) in [6, 6.07) is 1.22. The monoisotopic (exact) mass is 234 g/mol. The molecule has 1 aliphatic rings. The van der Waals surface area contributed by atoms with Gasteiger partial charge in [0.1, 0.15) is 0 Å². The van der Waals surface area contributed by atoms with E-state index in [0.717, 1.165) is 12.3 Å². The van der Waals surface area contributed by atoms with E-state index in [4.69, 9.17) is 16.0 Å². The molecule has 0 unspecified atom stereocenters. The third-order valence-electron chi connectivity index (χ3n) is 2.95. The second-order valence-electron chi connectivity index (χ2n) is 4.93. The molecule has 1 nitrogen and oxygen atoms in total. The molecule has 1 aliphatic carbocycles. The fourth-order valence-electron chi connectivity index (χ4n) is 2.19. The minimum Gasteiger partial charge on any atom is -0.414 e. The summed E-state index contributed by atoms with van der Waals surface area (Å²) >= 11 is 5.72. The van der Waals surface area contributed by atoms with Gasteiger partial charge in [0.05, 0.1) is 0 Å². The average molecular weight is 235 g/mol. The lowest BCUT2D eigenvalue weighted by molar-refractivity contribution is 0.145. The van der Waals surface area contributed by atoms with Gasteiger partial charge in [-0.3, -0.25) is 0 Å². The van der Waals surface area contributed by atoms with Crippen molar-refractivity contribution in [2.45, 2.75) is 63.8 Å². The highest BCUT2D eigenvalue weighted by atomic mass is 35.5. The molecule has 84 valence electrons. The number of halogens is 1. The molecule has 1 rings (SSSR count). The molecule has 0 aromatic heterocycles. The van der Waals surface area contributed by atoms with Gasteiger partial charge in [-0.1, -0.05) is 19.3 Å². The molecule has 0 saturated heterocycles. The van der Waals surface area contributed by atoms with Crippen molar-refractivity contribution in [3.8, 4) is 0 Å². The van der Waals surface area contributed by atoms with Crippen LogP contribution in [-0.2, 0) is 4.43 Å². The van der Waals surface area contributed by atoms with Crippen LogP contribution in [-0.4, -0.2) is 20.3 Å². The quantitative estimate of drug-likeness (QED) is 0.513. The maximum absolute atomic E-state index is 6.26. The molecular weight excluding hydrogens is 212 g/mol. The van der Waals surface area contributed by atoms with E-state index in [-0.39, 0.29) is 0 Å². The van der Waals surface area contributed by atoms with Crippen molar-refractivity contribution in [3.63, 3.8) is 0 Å². The molecule has 1 saturated carbocycles. The summed E-state index contributed by atoms with van der Waals surface area (Å²) in [5, 5.41) is 0. The summed E-state index contributed by atoms with van der Waals surface area (Å²) in [4.78, 5) is 0. The zero-order valence-electron chi connectivity index (χ0n) is 9.52. The van der Waals surface area contributed by atoms with Crippen molar-refractivity contribution < 1.29 is 4.43 Å². The van der Waals surface area contributed by atoms with E-state index in [0.29, 0.717) is 6.10 Å². The molecule has 0 radical (unpaired) electrons. The minimum atomic E-state index is -1.40. The van der Waals surface area contributed by atoms with Crippen LogP contribution in [0.1, 0.15) is 38.5 Å². The Balaban J connectivity index is 2.25. The largest absolute Gasteiger partial charge is 0.414 e. The molecule has 0 bridgehead atoms. The summed E-state index contributed by atoms with van der Waals surface area (Å²) in [5.41, 5.74) is 0. The summed E-state index contributed by atoms with van der Waals surface area (Å²) in [5.74, 6) is 0.782. The number of alkyl halides is 1. The third kappa shape index (κ3) is 4.81. The van der Waals surface area contributed by atoms with Crippen LogP contribution in [0, 0.1) is 0 Å². The summed E-state index contributed by atoms with van der Waals surface area (Å²) < 4.78 is 6.26. The van der Waals surface area contributed by atoms with Crippen LogP contribution in [0.4, 0.5) is 0 Å². The Bertz CT molecular complexity index is 155. The van der Waals surface area contributed by atoms with Crippen LogP contribution >= 0.6 is 11.6 Å². The molecule has 3 heteroatoms. The van der Waals surface area contributed by atoms with Crippen molar-refractivity contribution >= 4 is 19.9 Å². The first-order valence-corrected chi connectivity index (χ1v) is 9.53. The van der Waals surface area contributed by atoms with Gasteiger partial charge in [0.15, 0.2) is 8.32 Å². The van der Waals surface area contributed by atoms with E-state index in [2.05, 4.69) is 13.1 Å². The van der Waals surface area contributed by atoms with Crippen molar-refractivity contribution in [2.24, 2.45) is 0 Å². The molecule has 0 heterocycles. The van der Waals surface area contributed by atoms with Crippen molar-refractivity contribution in [1.29, 1.82) is 0 Å². The first-order chi connectivity index (χ1) is 6.64. The number of rotatable bonds is 5. The second kappa shape index (κ2) is 6.14. The fraction of sp³-hybridized carbons (Fsp3) is 1.00. The van der Waals surface area contributed by atoms with Gasteiger partial charge in [-0.05, 0) is 38.4 Å². The Morgan fingerprint density at radius 2 is 1.86 bits per heavy atom. The number of hydrogen-bond acceptors (Lipinski definition) is 1. The van der Waals surface area contributed by atoms with Crippen LogP contribution in [0.3, 0.4) is 0 Å². The minimum absolute atomic E-state index is 0.570. The first kappa shape index (κ1) is 12.5. The molecule has 1 fully saturated rings. The highest BCUT2D eigenvalue weighted by molar-refractivity contribution is 6.71. The van der Waals surface area contributed by atoms with Crippen LogP contribution in [0.5, 0.6) is 0 Å². The van der Waals surface area contributed by atoms with Gasteiger partial charge in [-0.15, -0.1) is 11.6 Å². The molecule has 0 aliphatic heterocycles. The lowest BCUT2D eigenvalue weighted by Gasteiger charge is -2.31. The molecule has 0 atom stereocenters. The Morgan fingerprint density at radius 1 is 1.21 bits per heavy atom. The predicted octanol–water partition coefficient (Wildman–Crippen LogP) is 4.17. The Morgan fingerprint density at radius 3 is 2.43 bits per heavy atom. The Hall–Kier alpha value is 0.467. The summed E-state index contributed by atoms with van der Waals surface area (Å²) in [6.45, 7) is 4.66. The van der Waals surface area contributed by atoms with Gasteiger partial charge >= 0.3 is 0 Å². The summed E-state index contributed by atoms with van der Waals surface area (Å²) in [6.07, 6.45) is 8.40. The van der Waals surface area contributed by atoms with E-state index in [9.17, 15) is 0 Å². The number of hydrogen-bond donors (Lipinski definition) is 0.